The zero-order chi connectivity index (χ0) is 17.2. The van der Waals surface area contributed by atoms with Crippen LogP contribution >= 0.6 is 0 Å². The first-order valence-electron chi connectivity index (χ1n) is 9.50. The quantitative estimate of drug-likeness (QED) is 0.884. The average molecular weight is 346 g/mol. The first-order chi connectivity index (χ1) is 12.2. The number of carbonyl (C=O) groups is 1. The maximum absolute atomic E-state index is 13.0. The summed E-state index contributed by atoms with van der Waals surface area (Å²) in [6.07, 6.45) is 7.28. The molecule has 6 nitrogen and oxygen atoms in total. The van der Waals surface area contributed by atoms with E-state index < -0.39 is 0 Å². The van der Waals surface area contributed by atoms with E-state index in [9.17, 15) is 9.59 Å². The minimum Gasteiger partial charge on any atom is -0.492 e. The molecule has 0 bridgehead atoms. The van der Waals surface area contributed by atoms with Gasteiger partial charge < -0.3 is 19.4 Å². The molecule has 2 heterocycles. The van der Waals surface area contributed by atoms with Crippen LogP contribution in [0.5, 0.6) is 5.75 Å². The highest BCUT2D eigenvalue weighted by atomic mass is 16.5. The number of aromatic nitrogens is 1. The van der Waals surface area contributed by atoms with Crippen LogP contribution in [0.25, 0.3) is 0 Å². The SMILES string of the molecule is O=C(NC1CCCC1)c1c(OCC2CC2)cc(=O)n2c1CCOCC2. The topological polar surface area (TPSA) is 69.6 Å². The lowest BCUT2D eigenvalue weighted by atomic mass is 10.1. The molecule has 0 unspecified atom stereocenters. The number of hydrogen-bond acceptors (Lipinski definition) is 4. The normalized spacial score (nSPS) is 20.8. The summed E-state index contributed by atoms with van der Waals surface area (Å²) in [6, 6.07) is 1.72. The third-order valence-electron chi connectivity index (χ3n) is 5.41. The van der Waals surface area contributed by atoms with E-state index in [-0.39, 0.29) is 17.5 Å². The third-order valence-corrected chi connectivity index (χ3v) is 5.41. The Labute approximate surface area is 147 Å². The standard InChI is InChI=1S/C19H26N2O4/c22-17-11-16(25-12-13-5-6-13)18(15-7-9-24-10-8-21(15)17)19(23)20-14-3-1-2-4-14/h11,13-14H,1-10,12H2,(H,20,23). The van der Waals surface area contributed by atoms with Crippen molar-refractivity contribution < 1.29 is 14.3 Å². The minimum absolute atomic E-state index is 0.108. The van der Waals surface area contributed by atoms with Crippen molar-refractivity contribution in [2.45, 2.75) is 57.5 Å². The van der Waals surface area contributed by atoms with Crippen LogP contribution in [-0.2, 0) is 17.7 Å². The Morgan fingerprint density at radius 2 is 2.04 bits per heavy atom. The molecular weight excluding hydrogens is 320 g/mol. The van der Waals surface area contributed by atoms with Crippen LogP contribution in [0, 0.1) is 5.92 Å². The van der Waals surface area contributed by atoms with E-state index in [4.69, 9.17) is 9.47 Å². The predicted molar refractivity (Wildman–Crippen MR) is 93.2 cm³/mol. The average Bonchev–Trinajstić information content (AvgIpc) is 3.34. The molecule has 25 heavy (non-hydrogen) atoms. The molecule has 0 saturated heterocycles. The summed E-state index contributed by atoms with van der Waals surface area (Å²) in [6.45, 7) is 2.10. The lowest BCUT2D eigenvalue weighted by Crippen LogP contribution is -2.36. The van der Waals surface area contributed by atoms with Gasteiger partial charge in [0.15, 0.2) is 0 Å². The number of nitrogens with zero attached hydrogens (tertiary/aromatic N) is 1. The van der Waals surface area contributed by atoms with Crippen LogP contribution in [0.15, 0.2) is 10.9 Å². The number of fused-ring (bicyclic) bond motifs is 1. The fraction of sp³-hybridized carbons (Fsp3) is 0.684. The van der Waals surface area contributed by atoms with E-state index in [0.29, 0.717) is 50.0 Å². The van der Waals surface area contributed by atoms with Gasteiger partial charge in [-0.3, -0.25) is 9.59 Å². The molecule has 2 saturated carbocycles. The third kappa shape index (κ3) is 3.73. The predicted octanol–water partition coefficient (Wildman–Crippen LogP) is 1.88. The molecule has 3 aliphatic rings. The van der Waals surface area contributed by atoms with E-state index in [1.165, 1.54) is 18.9 Å². The van der Waals surface area contributed by atoms with Gasteiger partial charge in [-0.1, -0.05) is 12.8 Å². The molecule has 0 radical (unpaired) electrons. The summed E-state index contributed by atoms with van der Waals surface area (Å²) >= 11 is 0. The molecule has 2 aliphatic carbocycles. The van der Waals surface area contributed by atoms with Gasteiger partial charge in [0.05, 0.1) is 19.8 Å². The number of pyridine rings is 1. The van der Waals surface area contributed by atoms with Crippen LogP contribution in [-0.4, -0.2) is 36.3 Å². The maximum Gasteiger partial charge on any atom is 0.257 e. The van der Waals surface area contributed by atoms with Crippen LogP contribution in [0.4, 0.5) is 0 Å². The largest absolute Gasteiger partial charge is 0.492 e. The first kappa shape index (κ1) is 16.6. The summed E-state index contributed by atoms with van der Waals surface area (Å²) in [5, 5.41) is 3.15. The van der Waals surface area contributed by atoms with Crippen LogP contribution in [0.1, 0.15) is 54.6 Å². The highest BCUT2D eigenvalue weighted by molar-refractivity contribution is 5.98. The number of rotatable bonds is 5. The fourth-order valence-corrected chi connectivity index (χ4v) is 3.78. The Bertz CT molecular complexity index is 702. The van der Waals surface area contributed by atoms with Gasteiger partial charge in [0.1, 0.15) is 11.3 Å². The Morgan fingerprint density at radius 1 is 1.24 bits per heavy atom. The number of ether oxygens (including phenoxy) is 2. The monoisotopic (exact) mass is 346 g/mol. The van der Waals surface area contributed by atoms with Gasteiger partial charge in [-0.05, 0) is 31.6 Å². The second kappa shape index (κ2) is 7.20. The lowest BCUT2D eigenvalue weighted by molar-refractivity contribution is 0.0931. The van der Waals surface area contributed by atoms with E-state index in [1.54, 1.807) is 4.57 Å². The van der Waals surface area contributed by atoms with Crippen molar-refractivity contribution in [3.05, 3.63) is 27.7 Å². The van der Waals surface area contributed by atoms with Gasteiger partial charge in [-0.2, -0.15) is 0 Å². The van der Waals surface area contributed by atoms with Crippen LogP contribution in [0.2, 0.25) is 0 Å². The summed E-state index contributed by atoms with van der Waals surface area (Å²) in [4.78, 5) is 25.5. The Kier molecular flexibility index (Phi) is 4.79. The van der Waals surface area contributed by atoms with Crippen molar-refractivity contribution in [1.29, 1.82) is 0 Å². The fourth-order valence-electron chi connectivity index (χ4n) is 3.78. The van der Waals surface area contributed by atoms with Crippen LogP contribution < -0.4 is 15.6 Å². The van der Waals surface area contributed by atoms with Gasteiger partial charge in [-0.25, -0.2) is 0 Å². The molecule has 0 aromatic carbocycles. The summed E-state index contributed by atoms with van der Waals surface area (Å²) in [7, 11) is 0. The van der Waals surface area contributed by atoms with E-state index in [0.717, 1.165) is 31.4 Å². The highest BCUT2D eigenvalue weighted by Crippen LogP contribution is 2.31. The van der Waals surface area contributed by atoms with E-state index >= 15 is 0 Å². The first-order valence-corrected chi connectivity index (χ1v) is 9.50. The van der Waals surface area contributed by atoms with E-state index in [1.807, 2.05) is 0 Å². The molecule has 0 atom stereocenters. The number of nitrogens with one attached hydrogen (secondary N) is 1. The van der Waals surface area contributed by atoms with Gasteiger partial charge >= 0.3 is 0 Å². The Balaban J connectivity index is 1.68. The maximum atomic E-state index is 13.0. The molecular formula is C19H26N2O4. The Morgan fingerprint density at radius 3 is 2.80 bits per heavy atom. The molecule has 6 heteroatoms. The molecule has 1 aromatic rings. The highest BCUT2D eigenvalue weighted by Gasteiger charge is 2.28. The van der Waals surface area contributed by atoms with Gasteiger partial charge in [-0.15, -0.1) is 0 Å². The van der Waals surface area contributed by atoms with Crippen molar-refractivity contribution in [2.75, 3.05) is 19.8 Å². The smallest absolute Gasteiger partial charge is 0.257 e. The van der Waals surface area contributed by atoms with Gasteiger partial charge in [0, 0.05) is 30.8 Å². The zero-order valence-corrected chi connectivity index (χ0v) is 14.6. The molecule has 2 fully saturated rings. The molecule has 1 aromatic heterocycles. The molecule has 0 spiro atoms. The van der Waals surface area contributed by atoms with Crippen molar-refractivity contribution in [3.63, 3.8) is 0 Å². The number of carbonyl (C=O) groups excluding carboxylic acids is 1. The van der Waals surface area contributed by atoms with E-state index in [2.05, 4.69) is 5.32 Å². The zero-order valence-electron chi connectivity index (χ0n) is 14.6. The summed E-state index contributed by atoms with van der Waals surface area (Å²) in [5.74, 6) is 0.902. The van der Waals surface area contributed by atoms with Gasteiger partial charge in [0.25, 0.3) is 11.5 Å². The lowest BCUT2D eigenvalue weighted by Gasteiger charge is -2.20. The van der Waals surface area contributed by atoms with Gasteiger partial charge in [0.2, 0.25) is 0 Å². The molecule has 1 aliphatic heterocycles. The molecule has 4 rings (SSSR count). The molecule has 136 valence electrons. The number of amides is 1. The van der Waals surface area contributed by atoms with Crippen LogP contribution in [0.3, 0.4) is 0 Å². The second-order valence-corrected chi connectivity index (χ2v) is 7.39. The van der Waals surface area contributed by atoms with Crippen molar-refractivity contribution in [3.8, 4) is 5.75 Å². The summed E-state index contributed by atoms with van der Waals surface area (Å²) < 4.78 is 13.1. The number of hydrogen-bond donors (Lipinski definition) is 1. The minimum atomic E-state index is -0.108. The second-order valence-electron chi connectivity index (χ2n) is 7.39. The summed E-state index contributed by atoms with van der Waals surface area (Å²) in [5.41, 5.74) is 1.19. The molecule has 1 N–H and O–H groups in total. The van der Waals surface area contributed by atoms with Crippen molar-refractivity contribution in [1.82, 2.24) is 9.88 Å². The Hall–Kier alpha value is -1.82. The van der Waals surface area contributed by atoms with Crippen molar-refractivity contribution in [2.24, 2.45) is 5.92 Å². The van der Waals surface area contributed by atoms with Crippen molar-refractivity contribution >= 4 is 5.91 Å². The molecule has 1 amide bonds.